The van der Waals surface area contributed by atoms with Gasteiger partial charge in [0, 0.05) is 18.8 Å². The van der Waals surface area contributed by atoms with Crippen LogP contribution in [0.5, 0.6) is 0 Å². The summed E-state index contributed by atoms with van der Waals surface area (Å²) < 4.78 is 22.1. The molecule has 1 fully saturated rings. The molecule has 16 heavy (non-hydrogen) atoms. The van der Waals surface area contributed by atoms with Gasteiger partial charge in [0.15, 0.2) is 9.84 Å². The average Bonchev–Trinajstić information content (AvgIpc) is 2.47. The van der Waals surface area contributed by atoms with Gasteiger partial charge in [-0.3, -0.25) is 4.79 Å². The molecule has 0 saturated carbocycles. The predicted molar refractivity (Wildman–Crippen MR) is 60.7 cm³/mol. The summed E-state index contributed by atoms with van der Waals surface area (Å²) in [4.78, 5) is 13.3. The Balaban J connectivity index is 2.61. The van der Waals surface area contributed by atoms with E-state index in [1.807, 2.05) is 0 Å². The number of sulfone groups is 1. The number of likely N-dealkylation sites (tertiary alicyclic amines) is 1. The van der Waals surface area contributed by atoms with E-state index in [0.717, 1.165) is 19.1 Å². The van der Waals surface area contributed by atoms with E-state index in [-0.39, 0.29) is 11.9 Å². The van der Waals surface area contributed by atoms with Crippen molar-refractivity contribution in [2.24, 2.45) is 0 Å². The van der Waals surface area contributed by atoms with Crippen LogP contribution < -0.4 is 0 Å². The lowest BCUT2D eigenvalue weighted by Gasteiger charge is -2.25. The molecule has 1 amide bonds. The van der Waals surface area contributed by atoms with Gasteiger partial charge in [0.25, 0.3) is 0 Å². The molecular weight excluding hydrogens is 230 g/mol. The minimum Gasteiger partial charge on any atom is -0.393 e. The standard InChI is InChI=1S/C10H19NO4S/c1-8(12)6-9-4-3-5-11(9)10(13)7-16(2,14)15/h8-9,12H,3-7H2,1-2H3. The first-order valence-corrected chi connectivity index (χ1v) is 7.51. The summed E-state index contributed by atoms with van der Waals surface area (Å²) in [6, 6.07) is -0.00532. The molecule has 1 aliphatic rings. The normalized spacial score (nSPS) is 23.4. The Labute approximate surface area is 96.4 Å². The van der Waals surface area contributed by atoms with Crippen molar-refractivity contribution in [3.05, 3.63) is 0 Å². The third-order valence-corrected chi connectivity index (χ3v) is 3.47. The predicted octanol–water partition coefficient (Wildman–Crippen LogP) is -0.207. The van der Waals surface area contributed by atoms with Gasteiger partial charge in [-0.05, 0) is 26.2 Å². The molecule has 0 aliphatic carbocycles. The number of rotatable bonds is 4. The van der Waals surface area contributed by atoms with Crippen LogP contribution in [0.3, 0.4) is 0 Å². The van der Waals surface area contributed by atoms with Crippen molar-refractivity contribution in [3.63, 3.8) is 0 Å². The fraction of sp³-hybridized carbons (Fsp3) is 0.900. The van der Waals surface area contributed by atoms with Crippen LogP contribution in [0.15, 0.2) is 0 Å². The maximum absolute atomic E-state index is 11.7. The highest BCUT2D eigenvalue weighted by atomic mass is 32.2. The van der Waals surface area contributed by atoms with Crippen LogP contribution in [0.4, 0.5) is 0 Å². The quantitative estimate of drug-likeness (QED) is 0.748. The van der Waals surface area contributed by atoms with Gasteiger partial charge in [0.1, 0.15) is 5.75 Å². The fourth-order valence-electron chi connectivity index (χ4n) is 2.11. The zero-order valence-corrected chi connectivity index (χ0v) is 10.5. The van der Waals surface area contributed by atoms with Crippen LogP contribution in [0.25, 0.3) is 0 Å². The van der Waals surface area contributed by atoms with Gasteiger partial charge in [-0.2, -0.15) is 0 Å². The maximum Gasteiger partial charge on any atom is 0.238 e. The topological polar surface area (TPSA) is 74.7 Å². The van der Waals surface area contributed by atoms with Crippen molar-refractivity contribution in [2.45, 2.75) is 38.3 Å². The molecule has 94 valence electrons. The minimum absolute atomic E-state index is 0.00532. The number of hydrogen-bond donors (Lipinski definition) is 1. The van der Waals surface area contributed by atoms with Crippen LogP contribution in [0, 0.1) is 0 Å². The van der Waals surface area contributed by atoms with Gasteiger partial charge < -0.3 is 10.0 Å². The first-order chi connectivity index (χ1) is 7.29. The molecule has 1 aliphatic heterocycles. The van der Waals surface area contributed by atoms with Crippen LogP contribution in [0.2, 0.25) is 0 Å². The van der Waals surface area contributed by atoms with E-state index < -0.39 is 21.7 Å². The first-order valence-electron chi connectivity index (χ1n) is 5.45. The number of hydrogen-bond acceptors (Lipinski definition) is 4. The second kappa shape index (κ2) is 5.14. The van der Waals surface area contributed by atoms with Crippen molar-refractivity contribution in [2.75, 3.05) is 18.6 Å². The van der Waals surface area contributed by atoms with Crippen molar-refractivity contribution in [1.29, 1.82) is 0 Å². The second-order valence-electron chi connectivity index (χ2n) is 4.54. The Morgan fingerprint density at radius 2 is 2.19 bits per heavy atom. The third-order valence-electron chi connectivity index (χ3n) is 2.70. The summed E-state index contributed by atoms with van der Waals surface area (Å²) in [6.07, 6.45) is 2.85. The molecule has 0 spiro atoms. The molecule has 2 atom stereocenters. The molecule has 1 rings (SSSR count). The van der Waals surface area contributed by atoms with E-state index in [9.17, 15) is 18.3 Å². The molecular formula is C10H19NO4S. The highest BCUT2D eigenvalue weighted by Crippen LogP contribution is 2.21. The SMILES string of the molecule is CC(O)CC1CCCN1C(=O)CS(C)(=O)=O. The Hall–Kier alpha value is -0.620. The molecule has 2 unspecified atom stereocenters. The lowest BCUT2D eigenvalue weighted by atomic mass is 10.1. The van der Waals surface area contributed by atoms with Gasteiger partial charge in [-0.15, -0.1) is 0 Å². The Morgan fingerprint density at radius 1 is 1.56 bits per heavy atom. The molecule has 0 aromatic heterocycles. The Bertz CT molecular complexity index is 350. The largest absolute Gasteiger partial charge is 0.393 e. The van der Waals surface area contributed by atoms with Gasteiger partial charge >= 0.3 is 0 Å². The summed E-state index contributed by atoms with van der Waals surface area (Å²) in [5.74, 6) is -0.769. The van der Waals surface area contributed by atoms with Crippen molar-refractivity contribution in [3.8, 4) is 0 Å². The van der Waals surface area contributed by atoms with E-state index >= 15 is 0 Å². The fourth-order valence-corrected chi connectivity index (χ4v) is 2.72. The van der Waals surface area contributed by atoms with Crippen molar-refractivity contribution >= 4 is 15.7 Å². The highest BCUT2D eigenvalue weighted by Gasteiger charge is 2.30. The lowest BCUT2D eigenvalue weighted by molar-refractivity contribution is -0.129. The molecule has 0 radical (unpaired) electrons. The smallest absolute Gasteiger partial charge is 0.238 e. The molecule has 1 saturated heterocycles. The molecule has 5 nitrogen and oxygen atoms in total. The summed E-state index contributed by atoms with van der Waals surface area (Å²) in [5.41, 5.74) is 0. The van der Waals surface area contributed by atoms with E-state index in [2.05, 4.69) is 0 Å². The molecule has 1 heterocycles. The lowest BCUT2D eigenvalue weighted by Crippen LogP contribution is -2.40. The summed E-state index contributed by atoms with van der Waals surface area (Å²) in [6.45, 7) is 2.28. The van der Waals surface area contributed by atoms with Gasteiger partial charge in [0.05, 0.1) is 6.10 Å². The van der Waals surface area contributed by atoms with Crippen LogP contribution >= 0.6 is 0 Å². The van der Waals surface area contributed by atoms with Crippen LogP contribution in [-0.4, -0.2) is 55.0 Å². The van der Waals surface area contributed by atoms with Gasteiger partial charge in [-0.1, -0.05) is 0 Å². The molecule has 6 heteroatoms. The maximum atomic E-state index is 11.7. The zero-order valence-electron chi connectivity index (χ0n) is 9.72. The average molecular weight is 249 g/mol. The van der Waals surface area contributed by atoms with E-state index in [1.54, 1.807) is 11.8 Å². The molecule has 0 aromatic rings. The second-order valence-corrected chi connectivity index (χ2v) is 6.68. The Morgan fingerprint density at radius 3 is 2.69 bits per heavy atom. The number of nitrogens with zero attached hydrogens (tertiary/aromatic N) is 1. The first kappa shape index (κ1) is 13.4. The van der Waals surface area contributed by atoms with Crippen molar-refractivity contribution < 1.29 is 18.3 Å². The monoisotopic (exact) mass is 249 g/mol. The van der Waals surface area contributed by atoms with E-state index in [0.29, 0.717) is 13.0 Å². The zero-order chi connectivity index (χ0) is 12.3. The highest BCUT2D eigenvalue weighted by molar-refractivity contribution is 7.91. The number of aliphatic hydroxyl groups excluding tert-OH is 1. The number of aliphatic hydroxyl groups is 1. The summed E-state index contributed by atoms with van der Waals surface area (Å²) in [5, 5.41) is 9.29. The number of carbonyl (C=O) groups is 1. The third kappa shape index (κ3) is 4.09. The van der Waals surface area contributed by atoms with E-state index in [4.69, 9.17) is 0 Å². The van der Waals surface area contributed by atoms with Crippen LogP contribution in [0.1, 0.15) is 26.2 Å². The molecule has 0 bridgehead atoms. The van der Waals surface area contributed by atoms with Crippen LogP contribution in [-0.2, 0) is 14.6 Å². The summed E-state index contributed by atoms with van der Waals surface area (Å²) >= 11 is 0. The number of amides is 1. The van der Waals surface area contributed by atoms with Gasteiger partial charge in [-0.25, -0.2) is 8.42 Å². The number of carbonyl (C=O) groups excluding carboxylic acids is 1. The minimum atomic E-state index is -3.27. The molecule has 1 N–H and O–H groups in total. The van der Waals surface area contributed by atoms with Gasteiger partial charge in [0.2, 0.25) is 5.91 Å². The van der Waals surface area contributed by atoms with E-state index in [1.165, 1.54) is 0 Å². The summed E-state index contributed by atoms with van der Waals surface area (Å²) in [7, 11) is -3.27. The van der Waals surface area contributed by atoms with Crippen molar-refractivity contribution in [1.82, 2.24) is 4.90 Å². The molecule has 0 aromatic carbocycles. The Kier molecular flexibility index (Phi) is 4.32.